The molecule has 0 aliphatic heterocycles. The maximum absolute atomic E-state index is 3.70. The summed E-state index contributed by atoms with van der Waals surface area (Å²) in [5, 5.41) is 3.70. The van der Waals surface area contributed by atoms with E-state index in [0.29, 0.717) is 6.04 Å². The molecular weight excluding hydrogens is 170 g/mol. The number of hydrogen-bond acceptors (Lipinski definition) is 1. The molecule has 0 spiro atoms. The summed E-state index contributed by atoms with van der Waals surface area (Å²) in [5.74, 6) is 0. The Bertz CT molecular complexity index is 262. The van der Waals surface area contributed by atoms with Crippen molar-refractivity contribution in [3.63, 3.8) is 0 Å². The number of rotatable bonds is 3. The fourth-order valence-corrected chi connectivity index (χ4v) is 2.28. The van der Waals surface area contributed by atoms with Gasteiger partial charge in [0.1, 0.15) is 0 Å². The zero-order valence-corrected chi connectivity index (χ0v) is 8.87. The zero-order valence-electron chi connectivity index (χ0n) is 8.87. The van der Waals surface area contributed by atoms with Crippen molar-refractivity contribution in [3.8, 4) is 0 Å². The summed E-state index contributed by atoms with van der Waals surface area (Å²) < 4.78 is 0. The summed E-state index contributed by atoms with van der Waals surface area (Å²) in [6.07, 6.45) is 5.52. The summed E-state index contributed by atoms with van der Waals surface area (Å²) >= 11 is 0. The first-order valence-corrected chi connectivity index (χ1v) is 5.67. The van der Waals surface area contributed by atoms with E-state index in [-0.39, 0.29) is 0 Å². The number of benzene rings is 1. The van der Waals surface area contributed by atoms with Gasteiger partial charge in [0.05, 0.1) is 0 Å². The molecule has 0 saturated heterocycles. The zero-order chi connectivity index (χ0) is 9.80. The van der Waals surface area contributed by atoms with Gasteiger partial charge in [-0.15, -0.1) is 0 Å². The van der Waals surface area contributed by atoms with Crippen molar-refractivity contribution in [2.75, 3.05) is 0 Å². The van der Waals surface area contributed by atoms with Crippen LogP contribution in [-0.2, 0) is 0 Å². The van der Waals surface area contributed by atoms with E-state index >= 15 is 0 Å². The second kappa shape index (κ2) is 4.61. The van der Waals surface area contributed by atoms with Crippen molar-refractivity contribution < 1.29 is 0 Å². The molecule has 0 radical (unpaired) electrons. The lowest BCUT2D eigenvalue weighted by atomic mass is 10.1. The third-order valence-electron chi connectivity index (χ3n) is 3.14. The predicted octanol–water partition coefficient (Wildman–Crippen LogP) is 3.28. The Morgan fingerprint density at radius 1 is 1.14 bits per heavy atom. The van der Waals surface area contributed by atoms with Gasteiger partial charge in [0.2, 0.25) is 0 Å². The van der Waals surface area contributed by atoms with Gasteiger partial charge in [0.25, 0.3) is 0 Å². The maximum Gasteiger partial charge on any atom is 0.0294 e. The van der Waals surface area contributed by atoms with Crippen LogP contribution in [0.1, 0.15) is 44.2 Å². The molecule has 14 heavy (non-hydrogen) atoms. The molecule has 0 bridgehead atoms. The molecule has 0 heterocycles. The minimum atomic E-state index is 0.499. The summed E-state index contributed by atoms with van der Waals surface area (Å²) in [5.41, 5.74) is 1.40. The van der Waals surface area contributed by atoms with Crippen molar-refractivity contribution in [3.05, 3.63) is 35.9 Å². The normalized spacial score (nSPS) is 19.8. The Hall–Kier alpha value is -0.820. The fourth-order valence-electron chi connectivity index (χ4n) is 2.28. The molecule has 2 rings (SSSR count). The number of nitrogens with one attached hydrogen (secondary N) is 1. The van der Waals surface area contributed by atoms with Gasteiger partial charge in [-0.3, -0.25) is 0 Å². The van der Waals surface area contributed by atoms with Crippen LogP contribution in [0.2, 0.25) is 0 Å². The van der Waals surface area contributed by atoms with E-state index in [9.17, 15) is 0 Å². The van der Waals surface area contributed by atoms with Crippen molar-refractivity contribution in [1.82, 2.24) is 5.32 Å². The average molecular weight is 189 g/mol. The molecule has 1 atom stereocenters. The lowest BCUT2D eigenvalue weighted by Gasteiger charge is -2.19. The molecule has 1 saturated carbocycles. The predicted molar refractivity (Wildman–Crippen MR) is 60.2 cm³/mol. The van der Waals surface area contributed by atoms with Crippen molar-refractivity contribution in [2.24, 2.45) is 0 Å². The molecular formula is C13H19N. The van der Waals surface area contributed by atoms with Crippen LogP contribution in [-0.4, -0.2) is 6.04 Å². The van der Waals surface area contributed by atoms with E-state index < -0.39 is 0 Å². The van der Waals surface area contributed by atoms with Crippen molar-refractivity contribution in [1.29, 1.82) is 0 Å². The van der Waals surface area contributed by atoms with Crippen LogP contribution in [0.25, 0.3) is 0 Å². The van der Waals surface area contributed by atoms with Crippen LogP contribution in [0, 0.1) is 0 Å². The summed E-state index contributed by atoms with van der Waals surface area (Å²) in [7, 11) is 0. The van der Waals surface area contributed by atoms with E-state index in [4.69, 9.17) is 0 Å². The van der Waals surface area contributed by atoms with E-state index in [0.717, 1.165) is 6.04 Å². The highest BCUT2D eigenvalue weighted by molar-refractivity contribution is 5.18. The first-order chi connectivity index (χ1) is 6.86. The topological polar surface area (TPSA) is 12.0 Å². The van der Waals surface area contributed by atoms with E-state index in [1.807, 2.05) is 0 Å². The van der Waals surface area contributed by atoms with Crippen LogP contribution in [0.5, 0.6) is 0 Å². The molecule has 1 N–H and O–H groups in total. The van der Waals surface area contributed by atoms with Gasteiger partial charge >= 0.3 is 0 Å². The second-order valence-electron chi connectivity index (χ2n) is 4.28. The van der Waals surface area contributed by atoms with E-state index in [1.54, 1.807) is 0 Å². The monoisotopic (exact) mass is 189 g/mol. The SMILES string of the molecule is C[C@H](NC1CCCC1)c1ccccc1. The average Bonchev–Trinajstić information content (AvgIpc) is 2.72. The standard InChI is InChI=1S/C13H19N/c1-11(12-7-3-2-4-8-12)14-13-9-5-6-10-13/h2-4,7-8,11,13-14H,5-6,9-10H2,1H3/t11-/m0/s1. The molecule has 1 heteroatoms. The third-order valence-corrected chi connectivity index (χ3v) is 3.14. The van der Waals surface area contributed by atoms with E-state index in [1.165, 1.54) is 31.2 Å². The molecule has 1 nitrogen and oxygen atoms in total. The van der Waals surface area contributed by atoms with Crippen LogP contribution in [0.15, 0.2) is 30.3 Å². The highest BCUT2D eigenvalue weighted by Gasteiger charge is 2.17. The van der Waals surface area contributed by atoms with Gasteiger partial charge in [0.15, 0.2) is 0 Å². The molecule has 1 aromatic carbocycles. The Morgan fingerprint density at radius 3 is 2.43 bits per heavy atom. The Kier molecular flexibility index (Phi) is 3.20. The number of hydrogen-bond donors (Lipinski definition) is 1. The van der Waals surface area contributed by atoms with Gasteiger partial charge in [-0.25, -0.2) is 0 Å². The second-order valence-corrected chi connectivity index (χ2v) is 4.28. The van der Waals surface area contributed by atoms with Gasteiger partial charge in [-0.2, -0.15) is 0 Å². The van der Waals surface area contributed by atoms with Crippen molar-refractivity contribution >= 4 is 0 Å². The third kappa shape index (κ3) is 2.36. The Morgan fingerprint density at radius 2 is 1.79 bits per heavy atom. The summed E-state index contributed by atoms with van der Waals surface area (Å²) in [4.78, 5) is 0. The Labute approximate surface area is 86.5 Å². The first-order valence-electron chi connectivity index (χ1n) is 5.67. The molecule has 0 unspecified atom stereocenters. The quantitative estimate of drug-likeness (QED) is 0.769. The molecule has 1 aliphatic rings. The fraction of sp³-hybridized carbons (Fsp3) is 0.538. The van der Waals surface area contributed by atoms with Gasteiger partial charge in [-0.1, -0.05) is 43.2 Å². The van der Waals surface area contributed by atoms with Crippen LogP contribution < -0.4 is 5.32 Å². The van der Waals surface area contributed by atoms with Crippen molar-refractivity contribution in [2.45, 2.75) is 44.7 Å². The summed E-state index contributed by atoms with van der Waals surface area (Å²) in [6, 6.07) is 12.0. The highest BCUT2D eigenvalue weighted by Crippen LogP contribution is 2.21. The maximum atomic E-state index is 3.70. The smallest absolute Gasteiger partial charge is 0.0294 e. The lowest BCUT2D eigenvalue weighted by molar-refractivity contribution is 0.461. The van der Waals surface area contributed by atoms with E-state index in [2.05, 4.69) is 42.6 Å². The molecule has 1 aliphatic carbocycles. The first kappa shape index (κ1) is 9.72. The van der Waals surface area contributed by atoms with Crippen LogP contribution in [0.4, 0.5) is 0 Å². The molecule has 76 valence electrons. The van der Waals surface area contributed by atoms with Gasteiger partial charge < -0.3 is 5.32 Å². The molecule has 1 fully saturated rings. The van der Waals surface area contributed by atoms with Crippen LogP contribution in [0.3, 0.4) is 0 Å². The minimum Gasteiger partial charge on any atom is -0.307 e. The van der Waals surface area contributed by atoms with Gasteiger partial charge in [-0.05, 0) is 25.3 Å². The summed E-state index contributed by atoms with van der Waals surface area (Å²) in [6.45, 7) is 2.26. The minimum absolute atomic E-state index is 0.499. The van der Waals surface area contributed by atoms with Gasteiger partial charge in [0, 0.05) is 12.1 Å². The molecule has 0 aromatic heterocycles. The lowest BCUT2D eigenvalue weighted by Crippen LogP contribution is -2.28. The molecule has 1 aromatic rings. The largest absolute Gasteiger partial charge is 0.307 e. The Balaban J connectivity index is 1.92. The molecule has 0 amide bonds. The highest BCUT2D eigenvalue weighted by atomic mass is 14.9. The van der Waals surface area contributed by atoms with Crippen LogP contribution >= 0.6 is 0 Å².